The second-order valence-electron chi connectivity index (χ2n) is 7.69. The Bertz CT molecular complexity index is 1070. The number of fused-ring (bicyclic) bond motifs is 1. The topological polar surface area (TPSA) is 59.3 Å². The van der Waals surface area contributed by atoms with Gasteiger partial charge in [0.25, 0.3) is 0 Å². The molecule has 0 aliphatic rings. The van der Waals surface area contributed by atoms with Crippen LogP contribution in [0.15, 0.2) is 42.5 Å². The Labute approximate surface area is 176 Å². The monoisotopic (exact) mass is 411 g/mol. The Hall–Kier alpha value is -2.59. The average Bonchev–Trinajstić information content (AvgIpc) is 2.95. The summed E-state index contributed by atoms with van der Waals surface area (Å²) in [5.74, 6) is -0.883. The second-order valence-corrected chi connectivity index (χ2v) is 8.10. The summed E-state index contributed by atoms with van der Waals surface area (Å²) in [5, 5.41) is 10.8. The highest BCUT2D eigenvalue weighted by Crippen LogP contribution is 2.32. The molecule has 5 heteroatoms. The van der Waals surface area contributed by atoms with Gasteiger partial charge in [-0.25, -0.2) is 0 Å². The van der Waals surface area contributed by atoms with Crippen LogP contribution in [0.4, 0.5) is 0 Å². The Morgan fingerprint density at radius 3 is 2.48 bits per heavy atom. The molecule has 0 spiro atoms. The van der Waals surface area contributed by atoms with Gasteiger partial charge in [0.15, 0.2) is 5.78 Å². The summed E-state index contributed by atoms with van der Waals surface area (Å²) < 4.78 is 2.14. The van der Waals surface area contributed by atoms with Gasteiger partial charge in [-0.05, 0) is 29.7 Å². The van der Waals surface area contributed by atoms with Crippen LogP contribution >= 0.6 is 11.6 Å². The maximum atomic E-state index is 13.1. The highest BCUT2D eigenvalue weighted by Gasteiger charge is 2.24. The van der Waals surface area contributed by atoms with Gasteiger partial charge in [-0.3, -0.25) is 9.59 Å². The second kappa shape index (κ2) is 8.83. The first-order chi connectivity index (χ1) is 13.8. The number of halogens is 1. The number of carboxylic acids is 1. The summed E-state index contributed by atoms with van der Waals surface area (Å²) in [6, 6.07) is 13.3. The largest absolute Gasteiger partial charge is 0.481 e. The summed E-state index contributed by atoms with van der Waals surface area (Å²) in [6.45, 7) is 6.45. The molecule has 152 valence electrons. The molecule has 0 atom stereocenters. The van der Waals surface area contributed by atoms with Crippen molar-refractivity contribution in [2.75, 3.05) is 0 Å². The zero-order valence-electron chi connectivity index (χ0n) is 17.0. The number of carbonyl (C=O) groups is 2. The lowest BCUT2D eigenvalue weighted by Gasteiger charge is -2.13. The number of carboxylic acid groups (broad SMARTS) is 1. The van der Waals surface area contributed by atoms with Crippen LogP contribution in [-0.2, 0) is 24.2 Å². The summed E-state index contributed by atoms with van der Waals surface area (Å²) in [4.78, 5) is 24.3. The number of benzene rings is 2. The number of rotatable bonds is 8. The van der Waals surface area contributed by atoms with Crippen LogP contribution in [0.3, 0.4) is 0 Å². The van der Waals surface area contributed by atoms with Gasteiger partial charge in [0.2, 0.25) is 0 Å². The molecule has 0 amide bonds. The minimum atomic E-state index is -0.874. The third-order valence-electron chi connectivity index (χ3n) is 5.14. The fourth-order valence-electron chi connectivity index (χ4n) is 3.77. The molecule has 0 unspecified atom stereocenters. The van der Waals surface area contributed by atoms with E-state index in [0.29, 0.717) is 11.6 Å². The number of nitrogens with zero attached hydrogens (tertiary/aromatic N) is 1. The fourth-order valence-corrected chi connectivity index (χ4v) is 3.97. The summed E-state index contributed by atoms with van der Waals surface area (Å²) >= 11 is 6.42. The highest BCUT2D eigenvalue weighted by molar-refractivity contribution is 6.31. The van der Waals surface area contributed by atoms with Crippen LogP contribution < -0.4 is 0 Å². The minimum Gasteiger partial charge on any atom is -0.481 e. The third-order valence-corrected chi connectivity index (χ3v) is 5.50. The van der Waals surface area contributed by atoms with E-state index in [1.807, 2.05) is 56.3 Å². The van der Waals surface area contributed by atoms with E-state index >= 15 is 0 Å². The zero-order valence-corrected chi connectivity index (χ0v) is 17.8. The molecule has 3 rings (SSSR count). The standard InChI is InChI=1S/C24H26ClNO3/c1-4-7-20-23(24(29)15(2)3)18-11-10-16(13-22(27)28)12-21(18)26(20)14-17-8-5-6-9-19(17)25/h5-6,8-12,15H,4,7,13-14H2,1-3H3,(H,27,28). The molecule has 0 fully saturated rings. The van der Waals surface area contributed by atoms with Crippen molar-refractivity contribution in [1.29, 1.82) is 0 Å². The molecule has 4 nitrogen and oxygen atoms in total. The smallest absolute Gasteiger partial charge is 0.307 e. The average molecular weight is 412 g/mol. The fraction of sp³-hybridized carbons (Fsp3) is 0.333. The number of aromatic nitrogens is 1. The van der Waals surface area contributed by atoms with Gasteiger partial charge in [-0.1, -0.05) is 69.1 Å². The van der Waals surface area contributed by atoms with Crippen molar-refractivity contribution in [3.8, 4) is 0 Å². The molecule has 0 bridgehead atoms. The lowest BCUT2D eigenvalue weighted by atomic mass is 9.96. The number of ketones is 1. The molecular weight excluding hydrogens is 386 g/mol. The van der Waals surface area contributed by atoms with Crippen LogP contribution in [0, 0.1) is 5.92 Å². The van der Waals surface area contributed by atoms with Crippen LogP contribution in [-0.4, -0.2) is 21.4 Å². The Morgan fingerprint density at radius 2 is 1.86 bits per heavy atom. The van der Waals surface area contributed by atoms with E-state index in [1.165, 1.54) is 0 Å². The van der Waals surface area contributed by atoms with Crippen LogP contribution in [0.5, 0.6) is 0 Å². The lowest BCUT2D eigenvalue weighted by Crippen LogP contribution is -2.12. The van der Waals surface area contributed by atoms with E-state index in [1.54, 1.807) is 0 Å². The van der Waals surface area contributed by atoms with Crippen molar-refractivity contribution < 1.29 is 14.7 Å². The summed E-state index contributed by atoms with van der Waals surface area (Å²) in [7, 11) is 0. The number of hydrogen-bond acceptors (Lipinski definition) is 2. The molecule has 3 aromatic rings. The number of carbonyl (C=O) groups excluding carboxylic acids is 1. The van der Waals surface area contributed by atoms with Gasteiger partial charge in [0.1, 0.15) is 0 Å². The molecule has 1 aromatic heterocycles. The number of Topliss-reactive ketones (excluding diaryl/α,β-unsaturated/α-hetero) is 1. The molecule has 29 heavy (non-hydrogen) atoms. The molecule has 0 aliphatic carbocycles. The van der Waals surface area contributed by atoms with E-state index in [0.717, 1.165) is 46.1 Å². The SMILES string of the molecule is CCCc1c(C(=O)C(C)C)c2ccc(CC(=O)O)cc2n1Cc1ccccc1Cl. The van der Waals surface area contributed by atoms with Crippen molar-refractivity contribution in [3.05, 3.63) is 69.9 Å². The normalized spacial score (nSPS) is 11.3. The first-order valence-electron chi connectivity index (χ1n) is 9.96. The molecule has 0 saturated carbocycles. The summed E-state index contributed by atoms with van der Waals surface area (Å²) in [6.07, 6.45) is 1.62. The minimum absolute atomic E-state index is 0.0518. The molecular formula is C24H26ClNO3. The van der Waals surface area contributed by atoms with Gasteiger partial charge in [0, 0.05) is 39.6 Å². The highest BCUT2D eigenvalue weighted by atomic mass is 35.5. The van der Waals surface area contributed by atoms with Crippen LogP contribution in [0.2, 0.25) is 5.02 Å². The molecule has 0 aliphatic heterocycles. The maximum absolute atomic E-state index is 13.1. The van der Waals surface area contributed by atoms with Gasteiger partial charge in [-0.15, -0.1) is 0 Å². The molecule has 0 radical (unpaired) electrons. The number of hydrogen-bond donors (Lipinski definition) is 1. The Kier molecular flexibility index (Phi) is 6.43. The van der Waals surface area contributed by atoms with Gasteiger partial charge < -0.3 is 9.67 Å². The maximum Gasteiger partial charge on any atom is 0.307 e. The lowest BCUT2D eigenvalue weighted by molar-refractivity contribution is -0.136. The van der Waals surface area contributed by atoms with Crippen molar-refractivity contribution in [3.63, 3.8) is 0 Å². The number of aliphatic carboxylic acids is 1. The van der Waals surface area contributed by atoms with Crippen LogP contribution in [0.25, 0.3) is 10.9 Å². The van der Waals surface area contributed by atoms with Gasteiger partial charge in [0.05, 0.1) is 6.42 Å². The predicted molar refractivity (Wildman–Crippen MR) is 117 cm³/mol. The first kappa shape index (κ1) is 21.1. The van der Waals surface area contributed by atoms with Crippen molar-refractivity contribution in [2.45, 2.75) is 46.6 Å². The predicted octanol–water partition coefficient (Wildman–Crippen LogP) is 5.76. The van der Waals surface area contributed by atoms with E-state index in [-0.39, 0.29) is 18.1 Å². The van der Waals surface area contributed by atoms with Gasteiger partial charge >= 0.3 is 5.97 Å². The summed E-state index contributed by atoms with van der Waals surface area (Å²) in [5.41, 5.74) is 4.32. The Balaban J connectivity index is 2.29. The molecule has 1 heterocycles. The van der Waals surface area contributed by atoms with Crippen molar-refractivity contribution >= 4 is 34.3 Å². The molecule has 2 aromatic carbocycles. The van der Waals surface area contributed by atoms with Crippen molar-refractivity contribution in [2.24, 2.45) is 5.92 Å². The van der Waals surface area contributed by atoms with Crippen LogP contribution in [0.1, 0.15) is 54.4 Å². The Morgan fingerprint density at radius 1 is 1.14 bits per heavy atom. The van der Waals surface area contributed by atoms with Gasteiger partial charge in [-0.2, -0.15) is 0 Å². The quantitative estimate of drug-likeness (QED) is 0.479. The zero-order chi connectivity index (χ0) is 21.1. The molecule has 0 saturated heterocycles. The van der Waals surface area contributed by atoms with E-state index in [4.69, 9.17) is 11.6 Å². The molecule has 1 N–H and O–H groups in total. The van der Waals surface area contributed by atoms with E-state index in [2.05, 4.69) is 11.5 Å². The van der Waals surface area contributed by atoms with E-state index < -0.39 is 5.97 Å². The van der Waals surface area contributed by atoms with E-state index in [9.17, 15) is 14.7 Å². The first-order valence-corrected chi connectivity index (χ1v) is 10.3. The third kappa shape index (κ3) is 4.38. The van der Waals surface area contributed by atoms with Crippen molar-refractivity contribution in [1.82, 2.24) is 4.57 Å².